The molecule has 1 aromatic heterocycles. The number of fused-ring (bicyclic) bond motifs is 1. The Balaban J connectivity index is 0.00000133. The minimum absolute atomic E-state index is 0. The zero-order valence-electron chi connectivity index (χ0n) is 10.9. The second-order valence-electron chi connectivity index (χ2n) is 5.49. The molecule has 1 amide bonds. The molecule has 1 aromatic rings. The molecule has 1 aliphatic carbocycles. The quantitative estimate of drug-likeness (QED) is 0.860. The number of rotatable bonds is 1. The zero-order valence-corrected chi connectivity index (χ0v) is 11.7. The molecule has 0 aromatic carbocycles. The van der Waals surface area contributed by atoms with E-state index in [-0.39, 0.29) is 18.3 Å². The third-order valence-electron chi connectivity index (χ3n) is 4.27. The summed E-state index contributed by atoms with van der Waals surface area (Å²) in [7, 11) is 0. The van der Waals surface area contributed by atoms with Gasteiger partial charge >= 0.3 is 0 Å². The highest BCUT2D eigenvalue weighted by atomic mass is 35.5. The largest absolute Gasteiger partial charge is 0.397 e. The molecule has 0 bridgehead atoms. The summed E-state index contributed by atoms with van der Waals surface area (Å²) >= 11 is 0. The van der Waals surface area contributed by atoms with Crippen molar-refractivity contribution in [3.8, 4) is 0 Å². The van der Waals surface area contributed by atoms with Crippen molar-refractivity contribution in [2.24, 2.45) is 11.8 Å². The number of likely N-dealkylation sites (tertiary alicyclic amines) is 1. The van der Waals surface area contributed by atoms with Crippen LogP contribution in [0.15, 0.2) is 18.3 Å². The number of nitrogen functional groups attached to an aromatic ring is 1. The summed E-state index contributed by atoms with van der Waals surface area (Å²) in [4.78, 5) is 18.4. The molecule has 104 valence electrons. The molecular formula is C14H20ClN3O. The lowest BCUT2D eigenvalue weighted by Crippen LogP contribution is -2.29. The smallest absolute Gasteiger partial charge is 0.272 e. The van der Waals surface area contributed by atoms with Crippen molar-refractivity contribution >= 4 is 24.0 Å². The molecule has 2 atom stereocenters. The van der Waals surface area contributed by atoms with Crippen molar-refractivity contribution in [2.75, 3.05) is 18.8 Å². The van der Waals surface area contributed by atoms with E-state index >= 15 is 0 Å². The number of hydrogen-bond acceptors (Lipinski definition) is 3. The van der Waals surface area contributed by atoms with Crippen LogP contribution in [0.25, 0.3) is 0 Å². The number of carbonyl (C=O) groups is 1. The number of nitrogens with two attached hydrogens (primary N) is 1. The highest BCUT2D eigenvalue weighted by Crippen LogP contribution is 2.36. The van der Waals surface area contributed by atoms with E-state index in [4.69, 9.17) is 5.73 Å². The molecule has 1 saturated carbocycles. The van der Waals surface area contributed by atoms with Gasteiger partial charge in [0.05, 0.1) is 11.9 Å². The fourth-order valence-corrected chi connectivity index (χ4v) is 3.27. The number of carbonyl (C=O) groups excluding carboxylic acids is 1. The summed E-state index contributed by atoms with van der Waals surface area (Å²) < 4.78 is 0. The molecule has 1 saturated heterocycles. The highest BCUT2D eigenvalue weighted by molar-refractivity contribution is 5.92. The van der Waals surface area contributed by atoms with Crippen molar-refractivity contribution in [2.45, 2.75) is 25.7 Å². The van der Waals surface area contributed by atoms with Crippen LogP contribution in [-0.4, -0.2) is 28.9 Å². The van der Waals surface area contributed by atoms with Gasteiger partial charge in [-0.05, 0) is 36.8 Å². The standard InChI is InChI=1S/C14H19N3O.ClH/c15-12-5-6-13(16-7-12)14(18)17-8-10-3-1-2-4-11(10)9-17;/h5-7,10-11H,1-4,8-9,15H2;1H. The van der Waals surface area contributed by atoms with Crippen LogP contribution in [-0.2, 0) is 0 Å². The maximum absolute atomic E-state index is 12.3. The molecular weight excluding hydrogens is 262 g/mol. The van der Waals surface area contributed by atoms with Gasteiger partial charge in [0, 0.05) is 13.1 Å². The van der Waals surface area contributed by atoms with Gasteiger partial charge in [-0.25, -0.2) is 4.98 Å². The molecule has 2 aliphatic rings. The molecule has 1 aliphatic heterocycles. The number of halogens is 1. The maximum Gasteiger partial charge on any atom is 0.272 e. The van der Waals surface area contributed by atoms with E-state index in [1.165, 1.54) is 25.7 Å². The summed E-state index contributed by atoms with van der Waals surface area (Å²) in [5, 5.41) is 0. The van der Waals surface area contributed by atoms with Crippen molar-refractivity contribution in [3.63, 3.8) is 0 Å². The molecule has 2 N–H and O–H groups in total. The SMILES string of the molecule is Cl.Nc1ccc(C(=O)N2CC3CCCCC3C2)nc1. The van der Waals surface area contributed by atoms with Crippen molar-refractivity contribution < 1.29 is 4.79 Å². The Labute approximate surface area is 119 Å². The molecule has 0 spiro atoms. The number of anilines is 1. The van der Waals surface area contributed by atoms with Gasteiger partial charge in [0.2, 0.25) is 0 Å². The van der Waals surface area contributed by atoms with Gasteiger partial charge in [-0.3, -0.25) is 4.79 Å². The summed E-state index contributed by atoms with van der Waals surface area (Å²) in [5.41, 5.74) is 6.70. The van der Waals surface area contributed by atoms with Crippen molar-refractivity contribution in [1.82, 2.24) is 9.88 Å². The number of pyridine rings is 1. The molecule has 2 fully saturated rings. The second-order valence-corrected chi connectivity index (χ2v) is 5.49. The van der Waals surface area contributed by atoms with Crippen molar-refractivity contribution in [1.29, 1.82) is 0 Å². The third kappa shape index (κ3) is 2.84. The van der Waals surface area contributed by atoms with Gasteiger partial charge in [0.1, 0.15) is 5.69 Å². The minimum atomic E-state index is 0. The van der Waals surface area contributed by atoms with E-state index in [2.05, 4.69) is 4.98 Å². The summed E-state index contributed by atoms with van der Waals surface area (Å²) in [6.45, 7) is 1.82. The Bertz CT molecular complexity index is 435. The van der Waals surface area contributed by atoms with Crippen LogP contribution in [0.5, 0.6) is 0 Å². The predicted molar refractivity (Wildman–Crippen MR) is 77.2 cm³/mol. The molecule has 19 heavy (non-hydrogen) atoms. The fourth-order valence-electron chi connectivity index (χ4n) is 3.27. The van der Waals surface area contributed by atoms with Crippen molar-refractivity contribution in [3.05, 3.63) is 24.0 Å². The van der Waals surface area contributed by atoms with Crippen LogP contribution in [0.2, 0.25) is 0 Å². The first kappa shape index (κ1) is 14.1. The number of aromatic nitrogens is 1. The van der Waals surface area contributed by atoms with Crippen LogP contribution >= 0.6 is 12.4 Å². The first-order valence-electron chi connectivity index (χ1n) is 6.75. The zero-order chi connectivity index (χ0) is 12.5. The summed E-state index contributed by atoms with van der Waals surface area (Å²) in [5.74, 6) is 1.50. The Morgan fingerprint density at radius 2 is 1.84 bits per heavy atom. The average molecular weight is 282 g/mol. The second kappa shape index (κ2) is 5.78. The van der Waals surface area contributed by atoms with E-state index in [9.17, 15) is 4.79 Å². The first-order chi connectivity index (χ1) is 8.74. The molecule has 5 heteroatoms. The van der Waals surface area contributed by atoms with E-state index in [0.29, 0.717) is 11.4 Å². The van der Waals surface area contributed by atoms with Gasteiger partial charge in [0.25, 0.3) is 5.91 Å². The normalized spacial score (nSPS) is 25.6. The van der Waals surface area contributed by atoms with E-state index in [0.717, 1.165) is 24.9 Å². The van der Waals surface area contributed by atoms with Crippen LogP contribution in [0.3, 0.4) is 0 Å². The summed E-state index contributed by atoms with van der Waals surface area (Å²) in [6.07, 6.45) is 6.76. The molecule has 3 rings (SSSR count). The van der Waals surface area contributed by atoms with Crippen LogP contribution in [0.4, 0.5) is 5.69 Å². The van der Waals surface area contributed by atoms with E-state index in [1.54, 1.807) is 18.3 Å². The van der Waals surface area contributed by atoms with Crippen LogP contribution in [0, 0.1) is 11.8 Å². The first-order valence-corrected chi connectivity index (χ1v) is 6.75. The molecule has 2 unspecified atom stereocenters. The monoisotopic (exact) mass is 281 g/mol. The predicted octanol–water partition coefficient (Wildman–Crippen LogP) is 2.35. The third-order valence-corrected chi connectivity index (χ3v) is 4.27. The van der Waals surface area contributed by atoms with Crippen LogP contribution < -0.4 is 5.73 Å². The lowest BCUT2D eigenvalue weighted by molar-refractivity contribution is 0.0778. The van der Waals surface area contributed by atoms with Gasteiger partial charge < -0.3 is 10.6 Å². The average Bonchev–Trinajstić information content (AvgIpc) is 2.82. The van der Waals surface area contributed by atoms with E-state index in [1.807, 2.05) is 4.90 Å². The maximum atomic E-state index is 12.3. The number of amides is 1. The Hall–Kier alpha value is -1.29. The Kier molecular flexibility index (Phi) is 4.30. The topological polar surface area (TPSA) is 59.2 Å². The van der Waals surface area contributed by atoms with Crippen LogP contribution in [0.1, 0.15) is 36.2 Å². The number of hydrogen-bond donors (Lipinski definition) is 1. The van der Waals surface area contributed by atoms with Gasteiger partial charge in [-0.15, -0.1) is 12.4 Å². The van der Waals surface area contributed by atoms with Gasteiger partial charge in [-0.2, -0.15) is 0 Å². The van der Waals surface area contributed by atoms with E-state index < -0.39 is 0 Å². The fraction of sp³-hybridized carbons (Fsp3) is 0.571. The lowest BCUT2D eigenvalue weighted by atomic mass is 9.82. The van der Waals surface area contributed by atoms with Gasteiger partial charge in [0.15, 0.2) is 0 Å². The summed E-state index contributed by atoms with van der Waals surface area (Å²) in [6, 6.07) is 3.46. The Morgan fingerprint density at radius 1 is 1.21 bits per heavy atom. The molecule has 2 heterocycles. The Morgan fingerprint density at radius 3 is 2.37 bits per heavy atom. The number of nitrogens with zero attached hydrogens (tertiary/aromatic N) is 2. The molecule has 0 radical (unpaired) electrons. The van der Waals surface area contributed by atoms with Gasteiger partial charge in [-0.1, -0.05) is 12.8 Å². The highest BCUT2D eigenvalue weighted by Gasteiger charge is 2.36. The lowest BCUT2D eigenvalue weighted by Gasteiger charge is -2.22. The minimum Gasteiger partial charge on any atom is -0.397 e. The molecule has 4 nitrogen and oxygen atoms in total.